The molecule has 0 unspecified atom stereocenters. The first-order valence-electron chi connectivity index (χ1n) is 6.56. The van der Waals surface area contributed by atoms with Gasteiger partial charge in [-0.15, -0.1) is 0 Å². The SMILES string of the molecule is COc1cc(NCCN2CCSCC2)cc([N+](=O)[O-])c1. The number of ether oxygens (including phenoxy) is 1. The highest BCUT2D eigenvalue weighted by atomic mass is 32.2. The molecule has 1 saturated heterocycles. The predicted molar refractivity (Wildman–Crippen MR) is 81.9 cm³/mol. The standard InChI is InChI=1S/C13H19N3O3S/c1-19-13-9-11(8-12(10-13)16(17)18)14-2-3-15-4-6-20-7-5-15/h8-10,14H,2-7H2,1H3. The Morgan fingerprint density at radius 3 is 2.80 bits per heavy atom. The van der Waals surface area contributed by atoms with Crippen LogP contribution in [0.15, 0.2) is 18.2 Å². The number of benzene rings is 1. The van der Waals surface area contributed by atoms with Crippen molar-refractivity contribution in [3.05, 3.63) is 28.3 Å². The van der Waals surface area contributed by atoms with Crippen LogP contribution in [0.25, 0.3) is 0 Å². The number of nitro benzene ring substituents is 1. The van der Waals surface area contributed by atoms with Crippen LogP contribution in [-0.2, 0) is 0 Å². The van der Waals surface area contributed by atoms with Crippen molar-refractivity contribution in [2.75, 3.05) is 50.1 Å². The third-order valence-corrected chi connectivity index (χ3v) is 4.14. The van der Waals surface area contributed by atoms with Gasteiger partial charge in [-0.25, -0.2) is 0 Å². The molecular formula is C13H19N3O3S. The highest BCUT2D eigenvalue weighted by Gasteiger charge is 2.12. The summed E-state index contributed by atoms with van der Waals surface area (Å²) >= 11 is 1.99. The van der Waals surface area contributed by atoms with Crippen molar-refractivity contribution < 1.29 is 9.66 Å². The number of methoxy groups -OCH3 is 1. The molecule has 6 nitrogen and oxygen atoms in total. The average molecular weight is 297 g/mol. The fraction of sp³-hybridized carbons (Fsp3) is 0.538. The number of thioether (sulfide) groups is 1. The summed E-state index contributed by atoms with van der Waals surface area (Å²) in [6.45, 7) is 3.95. The van der Waals surface area contributed by atoms with Gasteiger partial charge in [0.2, 0.25) is 0 Å². The van der Waals surface area contributed by atoms with Crippen LogP contribution in [0, 0.1) is 10.1 Å². The van der Waals surface area contributed by atoms with Gasteiger partial charge >= 0.3 is 0 Å². The van der Waals surface area contributed by atoms with Crippen molar-refractivity contribution in [2.45, 2.75) is 0 Å². The maximum Gasteiger partial charge on any atom is 0.275 e. The Labute approximate surface area is 122 Å². The molecule has 2 rings (SSSR count). The summed E-state index contributed by atoms with van der Waals surface area (Å²) in [5, 5.41) is 14.1. The van der Waals surface area contributed by atoms with Crippen LogP contribution in [-0.4, -0.2) is 54.6 Å². The number of non-ortho nitro benzene ring substituents is 1. The van der Waals surface area contributed by atoms with Crippen LogP contribution in [0.4, 0.5) is 11.4 Å². The molecule has 1 heterocycles. The van der Waals surface area contributed by atoms with E-state index >= 15 is 0 Å². The molecule has 0 atom stereocenters. The highest BCUT2D eigenvalue weighted by Crippen LogP contribution is 2.25. The van der Waals surface area contributed by atoms with Gasteiger partial charge in [0, 0.05) is 55.5 Å². The molecule has 0 bridgehead atoms. The van der Waals surface area contributed by atoms with Gasteiger partial charge < -0.3 is 10.1 Å². The minimum Gasteiger partial charge on any atom is -0.496 e. The van der Waals surface area contributed by atoms with Gasteiger partial charge in [0.1, 0.15) is 5.75 Å². The average Bonchev–Trinajstić information content (AvgIpc) is 2.48. The summed E-state index contributed by atoms with van der Waals surface area (Å²) in [7, 11) is 1.51. The van der Waals surface area contributed by atoms with Crippen molar-refractivity contribution in [3.63, 3.8) is 0 Å². The lowest BCUT2D eigenvalue weighted by molar-refractivity contribution is -0.384. The summed E-state index contributed by atoms with van der Waals surface area (Å²) < 4.78 is 5.08. The summed E-state index contributed by atoms with van der Waals surface area (Å²) in [6.07, 6.45) is 0. The zero-order valence-electron chi connectivity index (χ0n) is 11.5. The number of nitrogens with zero attached hydrogens (tertiary/aromatic N) is 2. The lowest BCUT2D eigenvalue weighted by Crippen LogP contribution is -2.36. The van der Waals surface area contributed by atoms with Crippen molar-refractivity contribution in [1.82, 2.24) is 4.90 Å². The van der Waals surface area contributed by atoms with E-state index in [2.05, 4.69) is 10.2 Å². The molecule has 0 saturated carbocycles. The Hall–Kier alpha value is -1.47. The van der Waals surface area contributed by atoms with Gasteiger partial charge in [-0.2, -0.15) is 11.8 Å². The van der Waals surface area contributed by atoms with Crippen LogP contribution in [0.2, 0.25) is 0 Å². The minimum absolute atomic E-state index is 0.0428. The zero-order valence-corrected chi connectivity index (χ0v) is 12.3. The van der Waals surface area contributed by atoms with E-state index in [9.17, 15) is 10.1 Å². The fourth-order valence-corrected chi connectivity index (χ4v) is 3.07. The normalized spacial score (nSPS) is 15.8. The van der Waals surface area contributed by atoms with Gasteiger partial charge in [-0.3, -0.25) is 15.0 Å². The molecule has 7 heteroatoms. The lowest BCUT2D eigenvalue weighted by Gasteiger charge is -2.26. The number of hydrogen-bond acceptors (Lipinski definition) is 6. The largest absolute Gasteiger partial charge is 0.496 e. The van der Waals surface area contributed by atoms with Crippen molar-refractivity contribution in [2.24, 2.45) is 0 Å². The van der Waals surface area contributed by atoms with E-state index in [0.29, 0.717) is 5.75 Å². The van der Waals surface area contributed by atoms with Crippen LogP contribution >= 0.6 is 11.8 Å². The van der Waals surface area contributed by atoms with E-state index in [4.69, 9.17) is 4.74 Å². The van der Waals surface area contributed by atoms with E-state index < -0.39 is 4.92 Å². The Bertz CT molecular complexity index is 464. The minimum atomic E-state index is -0.407. The molecule has 1 fully saturated rings. The fourth-order valence-electron chi connectivity index (χ4n) is 2.09. The van der Waals surface area contributed by atoms with Crippen LogP contribution in [0.1, 0.15) is 0 Å². The summed E-state index contributed by atoms with van der Waals surface area (Å²) in [5.74, 6) is 2.87. The zero-order chi connectivity index (χ0) is 14.4. The Morgan fingerprint density at radius 1 is 1.40 bits per heavy atom. The maximum atomic E-state index is 10.9. The molecule has 0 radical (unpaired) electrons. The summed E-state index contributed by atoms with van der Waals surface area (Å²) in [5.41, 5.74) is 0.767. The van der Waals surface area contributed by atoms with Crippen molar-refractivity contribution in [1.29, 1.82) is 0 Å². The molecule has 0 spiro atoms. The number of rotatable bonds is 6. The first-order valence-corrected chi connectivity index (χ1v) is 7.72. The third kappa shape index (κ3) is 4.28. The summed E-state index contributed by atoms with van der Waals surface area (Å²) in [4.78, 5) is 12.8. The topological polar surface area (TPSA) is 67.6 Å². The molecular weight excluding hydrogens is 278 g/mol. The van der Waals surface area contributed by atoms with Crippen LogP contribution in [0.5, 0.6) is 5.75 Å². The molecule has 0 aliphatic carbocycles. The van der Waals surface area contributed by atoms with Gasteiger partial charge in [0.05, 0.1) is 18.1 Å². The molecule has 1 aromatic rings. The van der Waals surface area contributed by atoms with Crippen LogP contribution < -0.4 is 10.1 Å². The van der Waals surface area contributed by atoms with E-state index in [1.807, 2.05) is 11.8 Å². The molecule has 0 aromatic heterocycles. The quantitative estimate of drug-likeness (QED) is 0.640. The molecule has 110 valence electrons. The van der Waals surface area contributed by atoms with E-state index in [1.54, 1.807) is 6.07 Å². The summed E-state index contributed by atoms with van der Waals surface area (Å²) in [6, 6.07) is 4.74. The first kappa shape index (κ1) is 14.9. The Morgan fingerprint density at radius 2 is 2.15 bits per heavy atom. The molecule has 0 amide bonds. The van der Waals surface area contributed by atoms with Gasteiger partial charge in [-0.05, 0) is 0 Å². The monoisotopic (exact) mass is 297 g/mol. The number of hydrogen-bond donors (Lipinski definition) is 1. The van der Waals surface area contributed by atoms with Crippen molar-refractivity contribution >= 4 is 23.1 Å². The Balaban J connectivity index is 1.91. The molecule has 1 aliphatic rings. The smallest absolute Gasteiger partial charge is 0.275 e. The van der Waals surface area contributed by atoms with Crippen LogP contribution in [0.3, 0.4) is 0 Å². The second-order valence-corrected chi connectivity index (χ2v) is 5.78. The third-order valence-electron chi connectivity index (χ3n) is 3.20. The van der Waals surface area contributed by atoms with E-state index in [-0.39, 0.29) is 5.69 Å². The second-order valence-electron chi connectivity index (χ2n) is 4.56. The number of anilines is 1. The highest BCUT2D eigenvalue weighted by molar-refractivity contribution is 7.99. The lowest BCUT2D eigenvalue weighted by atomic mass is 10.2. The molecule has 20 heavy (non-hydrogen) atoms. The van der Waals surface area contributed by atoms with E-state index in [1.165, 1.54) is 30.7 Å². The van der Waals surface area contributed by atoms with Gasteiger partial charge in [-0.1, -0.05) is 0 Å². The van der Waals surface area contributed by atoms with E-state index in [0.717, 1.165) is 31.9 Å². The number of nitro groups is 1. The second kappa shape index (κ2) is 7.35. The Kier molecular flexibility index (Phi) is 5.49. The van der Waals surface area contributed by atoms with Gasteiger partial charge in [0.15, 0.2) is 0 Å². The van der Waals surface area contributed by atoms with Gasteiger partial charge in [0.25, 0.3) is 5.69 Å². The molecule has 1 aliphatic heterocycles. The van der Waals surface area contributed by atoms with Crippen molar-refractivity contribution in [3.8, 4) is 5.75 Å². The molecule has 1 N–H and O–H groups in total. The maximum absolute atomic E-state index is 10.9. The number of nitrogens with one attached hydrogen (secondary N) is 1. The molecule has 1 aromatic carbocycles. The first-order chi connectivity index (χ1) is 9.69. The predicted octanol–water partition coefficient (Wildman–Crippen LogP) is 2.06.